The van der Waals surface area contributed by atoms with E-state index in [1.807, 2.05) is 0 Å². The smallest absolute Gasteiger partial charge is 0.251 e. The molecule has 0 aliphatic heterocycles. The van der Waals surface area contributed by atoms with Crippen molar-refractivity contribution in [1.82, 2.24) is 9.78 Å². The summed E-state index contributed by atoms with van der Waals surface area (Å²) in [7, 11) is 0. The molecule has 0 aliphatic rings. The average Bonchev–Trinajstić information content (AvgIpc) is 2.49. The SMILES string of the molecule is CC(CN)C(=O)n1cc(N)cn1. The van der Waals surface area contributed by atoms with Crippen LogP contribution in [0.5, 0.6) is 0 Å². The molecule has 0 bridgehead atoms. The van der Waals surface area contributed by atoms with Crippen LogP contribution in [0, 0.1) is 5.92 Å². The zero-order valence-corrected chi connectivity index (χ0v) is 6.90. The van der Waals surface area contributed by atoms with E-state index in [1.54, 1.807) is 6.92 Å². The number of aromatic nitrogens is 2. The van der Waals surface area contributed by atoms with Gasteiger partial charge in [0.25, 0.3) is 5.91 Å². The van der Waals surface area contributed by atoms with E-state index in [0.717, 1.165) is 0 Å². The molecule has 0 fully saturated rings. The Balaban J connectivity index is 2.78. The largest absolute Gasteiger partial charge is 0.396 e. The molecule has 66 valence electrons. The van der Waals surface area contributed by atoms with Gasteiger partial charge >= 0.3 is 0 Å². The highest BCUT2D eigenvalue weighted by atomic mass is 16.2. The normalized spacial score (nSPS) is 12.8. The van der Waals surface area contributed by atoms with Crippen LogP contribution < -0.4 is 11.5 Å². The molecule has 1 aromatic heterocycles. The van der Waals surface area contributed by atoms with Gasteiger partial charge in [0.1, 0.15) is 0 Å². The summed E-state index contributed by atoms with van der Waals surface area (Å²) in [4.78, 5) is 11.4. The molecular formula is C7H12N4O. The van der Waals surface area contributed by atoms with Crippen molar-refractivity contribution in [3.63, 3.8) is 0 Å². The molecule has 0 spiro atoms. The van der Waals surface area contributed by atoms with Crippen molar-refractivity contribution in [3.05, 3.63) is 12.4 Å². The van der Waals surface area contributed by atoms with Crippen LogP contribution in [0.4, 0.5) is 5.69 Å². The quantitative estimate of drug-likeness (QED) is 0.634. The first-order valence-electron chi connectivity index (χ1n) is 3.69. The van der Waals surface area contributed by atoms with E-state index in [9.17, 15) is 4.79 Å². The van der Waals surface area contributed by atoms with Crippen LogP contribution >= 0.6 is 0 Å². The van der Waals surface area contributed by atoms with E-state index in [0.29, 0.717) is 12.2 Å². The van der Waals surface area contributed by atoms with Crippen LogP contribution in [0.15, 0.2) is 12.4 Å². The van der Waals surface area contributed by atoms with E-state index in [1.165, 1.54) is 17.1 Å². The second kappa shape index (κ2) is 3.36. The van der Waals surface area contributed by atoms with Gasteiger partial charge in [-0.15, -0.1) is 0 Å². The predicted octanol–water partition coefficient (Wildman–Crippen LogP) is -0.300. The Bertz CT molecular complexity index is 281. The van der Waals surface area contributed by atoms with E-state index >= 15 is 0 Å². The van der Waals surface area contributed by atoms with Gasteiger partial charge in [-0.05, 0) is 0 Å². The van der Waals surface area contributed by atoms with Crippen molar-refractivity contribution < 1.29 is 4.79 Å². The van der Waals surface area contributed by atoms with Crippen molar-refractivity contribution in [2.75, 3.05) is 12.3 Å². The molecule has 0 aromatic carbocycles. The molecule has 1 aromatic rings. The average molecular weight is 168 g/mol. The zero-order chi connectivity index (χ0) is 9.14. The Morgan fingerprint density at radius 3 is 2.92 bits per heavy atom. The first-order chi connectivity index (χ1) is 5.65. The van der Waals surface area contributed by atoms with Gasteiger partial charge in [-0.3, -0.25) is 4.79 Å². The molecule has 0 saturated heterocycles. The minimum atomic E-state index is -0.218. The first-order valence-corrected chi connectivity index (χ1v) is 3.69. The Kier molecular flexibility index (Phi) is 2.44. The van der Waals surface area contributed by atoms with Gasteiger partial charge < -0.3 is 11.5 Å². The summed E-state index contributed by atoms with van der Waals surface area (Å²) in [6, 6.07) is 0. The minimum absolute atomic E-state index is 0.130. The van der Waals surface area contributed by atoms with Crippen LogP contribution in [-0.2, 0) is 0 Å². The van der Waals surface area contributed by atoms with Crippen molar-refractivity contribution in [2.24, 2.45) is 11.7 Å². The topological polar surface area (TPSA) is 86.9 Å². The summed E-state index contributed by atoms with van der Waals surface area (Å²) in [5, 5.41) is 3.77. The van der Waals surface area contributed by atoms with Crippen LogP contribution in [0.2, 0.25) is 0 Å². The summed E-state index contributed by atoms with van der Waals surface area (Å²) in [5.41, 5.74) is 11.2. The third kappa shape index (κ3) is 1.62. The molecule has 1 unspecified atom stereocenters. The van der Waals surface area contributed by atoms with E-state index < -0.39 is 0 Å². The van der Waals surface area contributed by atoms with Crippen LogP contribution in [0.1, 0.15) is 11.7 Å². The molecule has 0 radical (unpaired) electrons. The molecule has 0 amide bonds. The van der Waals surface area contributed by atoms with Crippen LogP contribution in [-0.4, -0.2) is 22.2 Å². The van der Waals surface area contributed by atoms with E-state index in [4.69, 9.17) is 11.5 Å². The maximum Gasteiger partial charge on any atom is 0.251 e. The van der Waals surface area contributed by atoms with Gasteiger partial charge in [0.2, 0.25) is 0 Å². The van der Waals surface area contributed by atoms with E-state index in [2.05, 4.69) is 5.10 Å². The molecule has 1 atom stereocenters. The second-order valence-electron chi connectivity index (χ2n) is 2.69. The lowest BCUT2D eigenvalue weighted by molar-refractivity contribution is 0.0833. The third-order valence-corrected chi connectivity index (χ3v) is 1.60. The molecule has 1 rings (SSSR count). The number of carbonyl (C=O) groups excluding carboxylic acids is 1. The minimum Gasteiger partial charge on any atom is -0.396 e. The molecular weight excluding hydrogens is 156 g/mol. The lowest BCUT2D eigenvalue weighted by atomic mass is 10.2. The Morgan fingerprint density at radius 1 is 1.83 bits per heavy atom. The maximum absolute atomic E-state index is 11.4. The van der Waals surface area contributed by atoms with E-state index in [-0.39, 0.29) is 11.8 Å². The van der Waals surface area contributed by atoms with Gasteiger partial charge in [0.15, 0.2) is 0 Å². The number of nitrogen functional groups attached to an aromatic ring is 1. The highest BCUT2D eigenvalue weighted by molar-refractivity contribution is 5.80. The van der Waals surface area contributed by atoms with Crippen LogP contribution in [0.25, 0.3) is 0 Å². The van der Waals surface area contributed by atoms with Gasteiger partial charge in [0, 0.05) is 12.5 Å². The Morgan fingerprint density at radius 2 is 2.50 bits per heavy atom. The Labute approximate surface area is 70.3 Å². The predicted molar refractivity (Wildman–Crippen MR) is 45.5 cm³/mol. The molecule has 5 heteroatoms. The zero-order valence-electron chi connectivity index (χ0n) is 6.90. The number of hydrogen-bond acceptors (Lipinski definition) is 4. The first kappa shape index (κ1) is 8.73. The van der Waals surface area contributed by atoms with Gasteiger partial charge in [-0.1, -0.05) is 6.92 Å². The number of rotatable bonds is 2. The fourth-order valence-corrected chi connectivity index (χ4v) is 0.784. The van der Waals surface area contributed by atoms with Gasteiger partial charge in [-0.2, -0.15) is 5.10 Å². The number of carbonyl (C=O) groups is 1. The third-order valence-electron chi connectivity index (χ3n) is 1.60. The Hall–Kier alpha value is -1.36. The summed E-state index contributed by atoms with van der Waals surface area (Å²) in [6.07, 6.45) is 2.91. The monoisotopic (exact) mass is 168 g/mol. The molecule has 12 heavy (non-hydrogen) atoms. The van der Waals surface area contributed by atoms with Gasteiger partial charge in [0.05, 0.1) is 18.1 Å². The number of nitrogens with two attached hydrogens (primary N) is 2. The molecule has 5 nitrogen and oxygen atoms in total. The van der Waals surface area contributed by atoms with Gasteiger partial charge in [-0.25, -0.2) is 4.68 Å². The number of hydrogen-bond donors (Lipinski definition) is 2. The summed E-state index contributed by atoms with van der Waals surface area (Å²) >= 11 is 0. The van der Waals surface area contributed by atoms with Crippen molar-refractivity contribution in [1.29, 1.82) is 0 Å². The summed E-state index contributed by atoms with van der Waals surface area (Å²) in [6.45, 7) is 2.07. The highest BCUT2D eigenvalue weighted by Crippen LogP contribution is 2.02. The fourth-order valence-electron chi connectivity index (χ4n) is 0.784. The summed E-state index contributed by atoms with van der Waals surface area (Å²) in [5.74, 6) is -0.349. The van der Waals surface area contributed by atoms with Crippen molar-refractivity contribution >= 4 is 11.6 Å². The van der Waals surface area contributed by atoms with Crippen LogP contribution in [0.3, 0.4) is 0 Å². The second-order valence-corrected chi connectivity index (χ2v) is 2.69. The molecule has 0 saturated carbocycles. The molecule has 0 aliphatic carbocycles. The summed E-state index contributed by atoms with van der Waals surface area (Å²) < 4.78 is 1.22. The molecule has 4 N–H and O–H groups in total. The number of anilines is 1. The fraction of sp³-hybridized carbons (Fsp3) is 0.429. The lowest BCUT2D eigenvalue weighted by Crippen LogP contribution is -2.26. The van der Waals surface area contributed by atoms with Crippen molar-refractivity contribution in [2.45, 2.75) is 6.92 Å². The number of nitrogens with zero attached hydrogens (tertiary/aromatic N) is 2. The maximum atomic E-state index is 11.4. The lowest BCUT2D eigenvalue weighted by Gasteiger charge is -2.05. The highest BCUT2D eigenvalue weighted by Gasteiger charge is 2.13. The molecule has 1 heterocycles. The standard InChI is InChI=1S/C7H12N4O/c1-5(2-8)7(12)11-4-6(9)3-10-11/h3-5H,2,8-9H2,1H3. The van der Waals surface area contributed by atoms with Crippen molar-refractivity contribution in [3.8, 4) is 0 Å².